The molecule has 0 saturated carbocycles. The minimum absolute atomic E-state index is 0.0356. The Hall–Kier alpha value is -3.34. The van der Waals surface area contributed by atoms with Crippen molar-refractivity contribution in [2.24, 2.45) is 11.0 Å². The summed E-state index contributed by atoms with van der Waals surface area (Å²) >= 11 is 0. The molecule has 1 amide bonds. The van der Waals surface area contributed by atoms with E-state index in [2.05, 4.69) is 24.4 Å². The summed E-state index contributed by atoms with van der Waals surface area (Å²) in [5.41, 5.74) is 4.86. The van der Waals surface area contributed by atoms with Crippen LogP contribution in [0.3, 0.4) is 0 Å². The summed E-state index contributed by atoms with van der Waals surface area (Å²) in [6, 6.07) is 20.8. The first-order chi connectivity index (χ1) is 14.5. The number of nitrogens with zero attached hydrogens (tertiary/aromatic N) is 1. The zero-order valence-electron chi connectivity index (χ0n) is 17.8. The second-order valence-corrected chi connectivity index (χ2v) is 7.70. The Bertz CT molecular complexity index is 977. The number of hydrogen-bond acceptors (Lipinski definition) is 4. The number of hydrogen-bond donors (Lipinski definition) is 1. The molecule has 0 spiro atoms. The number of nitrogens with one attached hydrogen (secondary N) is 1. The molecule has 1 heterocycles. The Balaban J connectivity index is 1.96. The minimum Gasteiger partial charge on any atom is -0.490 e. The molecule has 0 bridgehead atoms. The van der Waals surface area contributed by atoms with Crippen LogP contribution >= 0.6 is 0 Å². The Morgan fingerprint density at radius 2 is 1.63 bits per heavy atom. The van der Waals surface area contributed by atoms with Crippen LogP contribution < -0.4 is 10.2 Å². The van der Waals surface area contributed by atoms with Gasteiger partial charge in [-0.25, -0.2) is 5.43 Å². The van der Waals surface area contributed by atoms with E-state index in [-0.39, 0.29) is 23.8 Å². The van der Waals surface area contributed by atoms with Crippen molar-refractivity contribution in [2.75, 3.05) is 0 Å². The summed E-state index contributed by atoms with van der Waals surface area (Å²) in [6.07, 6.45) is 1.62. The maximum atomic E-state index is 12.9. The highest BCUT2D eigenvalue weighted by Gasteiger charge is 2.26. The summed E-state index contributed by atoms with van der Waals surface area (Å²) < 4.78 is 11.5. The molecule has 0 aliphatic heterocycles. The fourth-order valence-corrected chi connectivity index (χ4v) is 3.35. The van der Waals surface area contributed by atoms with E-state index < -0.39 is 0 Å². The zero-order chi connectivity index (χ0) is 21.5. The molecule has 1 atom stereocenters. The highest BCUT2D eigenvalue weighted by Crippen LogP contribution is 2.29. The summed E-state index contributed by atoms with van der Waals surface area (Å²) in [5, 5.41) is 4.57. The second-order valence-electron chi connectivity index (χ2n) is 7.70. The van der Waals surface area contributed by atoms with Crippen molar-refractivity contribution in [3.05, 3.63) is 89.9 Å². The van der Waals surface area contributed by atoms with Gasteiger partial charge in [-0.1, -0.05) is 56.3 Å². The fraction of sp³-hybridized carbons (Fsp3) is 0.280. The predicted molar refractivity (Wildman–Crippen MR) is 119 cm³/mol. The third-order valence-electron chi connectivity index (χ3n) is 4.65. The molecule has 30 heavy (non-hydrogen) atoms. The number of rotatable bonds is 8. The quantitative estimate of drug-likeness (QED) is 0.390. The van der Waals surface area contributed by atoms with Gasteiger partial charge in [-0.2, -0.15) is 5.10 Å². The molecule has 5 nitrogen and oxygen atoms in total. The molecule has 0 radical (unpaired) electrons. The first-order valence-corrected chi connectivity index (χ1v) is 10.2. The Morgan fingerprint density at radius 1 is 0.933 bits per heavy atom. The summed E-state index contributed by atoms with van der Waals surface area (Å²) in [4.78, 5) is 12.9. The van der Waals surface area contributed by atoms with E-state index in [0.29, 0.717) is 11.3 Å². The van der Waals surface area contributed by atoms with Crippen LogP contribution in [-0.4, -0.2) is 17.7 Å². The number of furan rings is 1. The number of carbonyl (C=O) groups excluding carboxylic acids is 1. The van der Waals surface area contributed by atoms with E-state index in [0.717, 1.165) is 17.0 Å². The maximum absolute atomic E-state index is 12.9. The number of carbonyl (C=O) groups is 1. The van der Waals surface area contributed by atoms with Crippen LogP contribution in [0.4, 0.5) is 0 Å². The Kier molecular flexibility index (Phi) is 7.07. The van der Waals surface area contributed by atoms with E-state index in [9.17, 15) is 4.79 Å². The van der Waals surface area contributed by atoms with Crippen LogP contribution in [0.15, 0.2) is 82.5 Å². The lowest BCUT2D eigenvalue weighted by atomic mass is 9.85. The molecular weight excluding hydrogens is 376 g/mol. The highest BCUT2D eigenvalue weighted by atomic mass is 16.5. The van der Waals surface area contributed by atoms with Gasteiger partial charge in [0.25, 0.3) is 5.91 Å². The monoisotopic (exact) mass is 404 g/mol. The van der Waals surface area contributed by atoms with Crippen molar-refractivity contribution in [2.45, 2.75) is 39.7 Å². The molecular formula is C25H28N2O3. The SMILES string of the molecule is CC(C)Oc1ccccc1C(=O)N/N=C(/c1ccccc1)C(c1ccco1)C(C)C. The third kappa shape index (κ3) is 5.17. The number of para-hydroxylation sites is 1. The van der Waals surface area contributed by atoms with E-state index in [1.54, 1.807) is 18.4 Å². The Morgan fingerprint density at radius 3 is 2.27 bits per heavy atom. The average molecular weight is 405 g/mol. The number of hydrazone groups is 1. The van der Waals surface area contributed by atoms with Crippen LogP contribution in [-0.2, 0) is 0 Å². The lowest BCUT2D eigenvalue weighted by Crippen LogP contribution is -2.26. The van der Waals surface area contributed by atoms with Gasteiger partial charge in [-0.15, -0.1) is 0 Å². The minimum atomic E-state index is -0.318. The van der Waals surface area contributed by atoms with Crippen molar-refractivity contribution in [1.82, 2.24) is 5.43 Å². The number of ether oxygens (including phenoxy) is 1. The van der Waals surface area contributed by atoms with Crippen molar-refractivity contribution >= 4 is 11.6 Å². The van der Waals surface area contributed by atoms with Gasteiger partial charge in [0.2, 0.25) is 0 Å². The molecule has 1 aromatic heterocycles. The van der Waals surface area contributed by atoms with Crippen molar-refractivity contribution < 1.29 is 13.9 Å². The molecule has 5 heteroatoms. The molecule has 3 rings (SSSR count). The van der Waals surface area contributed by atoms with Gasteiger partial charge in [-0.05, 0) is 49.6 Å². The van der Waals surface area contributed by atoms with Gasteiger partial charge in [-0.3, -0.25) is 4.79 Å². The number of amides is 1. The van der Waals surface area contributed by atoms with Gasteiger partial charge in [0.1, 0.15) is 11.5 Å². The topological polar surface area (TPSA) is 63.8 Å². The summed E-state index contributed by atoms with van der Waals surface area (Å²) in [7, 11) is 0. The van der Waals surface area contributed by atoms with E-state index in [4.69, 9.17) is 9.15 Å². The van der Waals surface area contributed by atoms with Crippen molar-refractivity contribution in [3.63, 3.8) is 0 Å². The zero-order valence-corrected chi connectivity index (χ0v) is 17.8. The van der Waals surface area contributed by atoms with Crippen LogP contribution in [0.25, 0.3) is 0 Å². The smallest absolute Gasteiger partial charge is 0.275 e. The van der Waals surface area contributed by atoms with Gasteiger partial charge in [0, 0.05) is 0 Å². The lowest BCUT2D eigenvalue weighted by Gasteiger charge is -2.21. The van der Waals surface area contributed by atoms with Crippen LogP contribution in [0, 0.1) is 5.92 Å². The maximum Gasteiger partial charge on any atom is 0.275 e. The molecule has 0 saturated heterocycles. The standard InChI is InChI=1S/C25H28N2O3/c1-17(2)23(22-15-10-16-29-22)24(19-11-6-5-7-12-19)26-27-25(28)20-13-8-9-14-21(20)30-18(3)4/h5-18,23H,1-4H3,(H,27,28)/b26-24-. The molecule has 156 valence electrons. The van der Waals surface area contributed by atoms with Crippen LogP contribution in [0.5, 0.6) is 5.75 Å². The van der Waals surface area contributed by atoms with Gasteiger partial charge < -0.3 is 9.15 Å². The first kappa shape index (κ1) is 21.4. The largest absolute Gasteiger partial charge is 0.490 e. The molecule has 1 unspecified atom stereocenters. The van der Waals surface area contributed by atoms with Gasteiger partial charge in [0.05, 0.1) is 29.6 Å². The molecule has 2 aromatic carbocycles. The molecule has 0 fully saturated rings. The number of benzene rings is 2. The average Bonchev–Trinajstić information content (AvgIpc) is 3.25. The van der Waals surface area contributed by atoms with Gasteiger partial charge in [0.15, 0.2) is 0 Å². The molecule has 3 aromatic rings. The highest BCUT2D eigenvalue weighted by molar-refractivity contribution is 6.06. The van der Waals surface area contributed by atoms with E-state index in [1.165, 1.54) is 0 Å². The van der Waals surface area contributed by atoms with E-state index in [1.807, 2.05) is 68.4 Å². The third-order valence-corrected chi connectivity index (χ3v) is 4.65. The second kappa shape index (κ2) is 9.92. The molecule has 0 aliphatic carbocycles. The predicted octanol–water partition coefficient (Wildman–Crippen LogP) is 5.64. The normalized spacial score (nSPS) is 12.8. The van der Waals surface area contributed by atoms with Crippen LogP contribution in [0.1, 0.15) is 55.3 Å². The summed E-state index contributed by atoms with van der Waals surface area (Å²) in [6.45, 7) is 8.08. The molecule has 0 aliphatic rings. The van der Waals surface area contributed by atoms with E-state index >= 15 is 0 Å². The Labute approximate surface area is 177 Å². The molecule has 1 N–H and O–H groups in total. The lowest BCUT2D eigenvalue weighted by molar-refractivity contribution is 0.0948. The van der Waals surface area contributed by atoms with Crippen molar-refractivity contribution in [3.8, 4) is 5.75 Å². The summed E-state index contributed by atoms with van der Waals surface area (Å²) in [5.74, 6) is 1.13. The van der Waals surface area contributed by atoms with Crippen molar-refractivity contribution in [1.29, 1.82) is 0 Å². The fourth-order valence-electron chi connectivity index (χ4n) is 3.35. The van der Waals surface area contributed by atoms with Gasteiger partial charge >= 0.3 is 0 Å². The van der Waals surface area contributed by atoms with Crippen LogP contribution in [0.2, 0.25) is 0 Å². The first-order valence-electron chi connectivity index (χ1n) is 10.2.